The SMILES string of the molecule is Cc1ccc(CNC2CCSC2)c(N2CCCC2)n1. The molecule has 2 aliphatic heterocycles. The zero-order chi connectivity index (χ0) is 13.1. The van der Waals surface area contributed by atoms with E-state index in [-0.39, 0.29) is 0 Å². The van der Waals surface area contributed by atoms with Gasteiger partial charge in [-0.05, 0) is 38.0 Å². The second kappa shape index (κ2) is 6.14. The topological polar surface area (TPSA) is 28.2 Å². The van der Waals surface area contributed by atoms with Crippen molar-refractivity contribution in [1.29, 1.82) is 0 Å². The summed E-state index contributed by atoms with van der Waals surface area (Å²) in [5.41, 5.74) is 2.49. The van der Waals surface area contributed by atoms with E-state index in [0.717, 1.165) is 12.2 Å². The summed E-state index contributed by atoms with van der Waals surface area (Å²) in [6.07, 6.45) is 3.92. The van der Waals surface area contributed by atoms with Crippen molar-refractivity contribution in [3.05, 3.63) is 23.4 Å². The minimum absolute atomic E-state index is 0.692. The lowest BCUT2D eigenvalue weighted by atomic mass is 10.2. The van der Waals surface area contributed by atoms with Gasteiger partial charge in [0.1, 0.15) is 5.82 Å². The fourth-order valence-electron chi connectivity index (χ4n) is 2.86. The quantitative estimate of drug-likeness (QED) is 0.915. The van der Waals surface area contributed by atoms with Gasteiger partial charge in [-0.15, -0.1) is 0 Å². The van der Waals surface area contributed by atoms with Crippen LogP contribution in [0.15, 0.2) is 12.1 Å². The summed E-state index contributed by atoms with van der Waals surface area (Å²) >= 11 is 2.06. The molecule has 4 heteroatoms. The summed E-state index contributed by atoms with van der Waals surface area (Å²) in [7, 11) is 0. The summed E-state index contributed by atoms with van der Waals surface area (Å²) < 4.78 is 0. The van der Waals surface area contributed by atoms with Gasteiger partial charge in [0, 0.05) is 42.7 Å². The zero-order valence-corrected chi connectivity index (χ0v) is 12.5. The molecular weight excluding hydrogens is 254 g/mol. The largest absolute Gasteiger partial charge is 0.356 e. The molecule has 0 saturated carbocycles. The first-order valence-corrected chi connectivity index (χ1v) is 8.51. The highest BCUT2D eigenvalue weighted by Gasteiger charge is 2.19. The van der Waals surface area contributed by atoms with Gasteiger partial charge in [-0.25, -0.2) is 4.98 Å². The molecule has 1 N–H and O–H groups in total. The number of aryl methyl sites for hydroxylation is 1. The van der Waals surface area contributed by atoms with E-state index < -0.39 is 0 Å². The summed E-state index contributed by atoms with van der Waals surface area (Å²) in [6, 6.07) is 5.09. The molecule has 1 atom stereocenters. The lowest BCUT2D eigenvalue weighted by Gasteiger charge is -2.21. The fraction of sp³-hybridized carbons (Fsp3) is 0.667. The van der Waals surface area contributed by atoms with Crippen molar-refractivity contribution in [1.82, 2.24) is 10.3 Å². The van der Waals surface area contributed by atoms with Crippen molar-refractivity contribution in [3.8, 4) is 0 Å². The Balaban J connectivity index is 1.71. The van der Waals surface area contributed by atoms with Gasteiger partial charge in [-0.1, -0.05) is 6.07 Å². The standard InChI is InChI=1S/C15H23N3S/c1-12-4-5-13(10-16-14-6-9-19-11-14)15(17-12)18-7-2-3-8-18/h4-5,14,16H,2-3,6-11H2,1H3. The predicted molar refractivity (Wildman–Crippen MR) is 83.0 cm³/mol. The molecule has 2 aliphatic rings. The Morgan fingerprint density at radius 2 is 2.21 bits per heavy atom. The maximum Gasteiger partial charge on any atom is 0.133 e. The van der Waals surface area contributed by atoms with Gasteiger partial charge < -0.3 is 10.2 Å². The second-order valence-corrected chi connectivity index (χ2v) is 6.72. The average Bonchev–Trinajstić information content (AvgIpc) is 3.10. The third-order valence-corrected chi connectivity index (χ3v) is 5.17. The van der Waals surface area contributed by atoms with E-state index in [1.54, 1.807) is 0 Å². The van der Waals surface area contributed by atoms with Gasteiger partial charge >= 0.3 is 0 Å². The number of aromatic nitrogens is 1. The Hall–Kier alpha value is -0.740. The highest BCUT2D eigenvalue weighted by molar-refractivity contribution is 7.99. The van der Waals surface area contributed by atoms with E-state index in [2.05, 4.69) is 41.0 Å². The van der Waals surface area contributed by atoms with Crippen molar-refractivity contribution in [3.63, 3.8) is 0 Å². The van der Waals surface area contributed by atoms with Gasteiger partial charge in [-0.2, -0.15) is 11.8 Å². The van der Waals surface area contributed by atoms with Crippen LogP contribution in [0.5, 0.6) is 0 Å². The zero-order valence-electron chi connectivity index (χ0n) is 11.7. The van der Waals surface area contributed by atoms with Crippen molar-refractivity contribution >= 4 is 17.6 Å². The fourth-order valence-corrected chi connectivity index (χ4v) is 4.05. The Morgan fingerprint density at radius 3 is 2.95 bits per heavy atom. The van der Waals surface area contributed by atoms with Gasteiger partial charge in [-0.3, -0.25) is 0 Å². The summed E-state index contributed by atoms with van der Waals surface area (Å²) in [5.74, 6) is 3.79. The van der Waals surface area contributed by atoms with E-state index in [9.17, 15) is 0 Å². The molecule has 0 aliphatic carbocycles. The molecule has 3 rings (SSSR count). The Labute approximate surface area is 120 Å². The number of rotatable bonds is 4. The average molecular weight is 277 g/mol. The van der Waals surface area contributed by atoms with Crippen LogP contribution in [-0.2, 0) is 6.54 Å². The first-order valence-electron chi connectivity index (χ1n) is 7.35. The van der Waals surface area contributed by atoms with Crippen LogP contribution < -0.4 is 10.2 Å². The van der Waals surface area contributed by atoms with Crippen LogP contribution in [-0.4, -0.2) is 35.6 Å². The molecule has 1 aromatic heterocycles. The first-order chi connectivity index (χ1) is 9.33. The van der Waals surface area contributed by atoms with Crippen LogP contribution in [0.2, 0.25) is 0 Å². The van der Waals surface area contributed by atoms with Crippen LogP contribution in [0.3, 0.4) is 0 Å². The molecule has 0 bridgehead atoms. The van der Waals surface area contributed by atoms with Crippen LogP contribution in [0.1, 0.15) is 30.5 Å². The van der Waals surface area contributed by atoms with Gasteiger partial charge in [0.2, 0.25) is 0 Å². The van der Waals surface area contributed by atoms with Gasteiger partial charge in [0.05, 0.1) is 0 Å². The van der Waals surface area contributed by atoms with Crippen LogP contribution in [0.25, 0.3) is 0 Å². The van der Waals surface area contributed by atoms with Gasteiger partial charge in [0.15, 0.2) is 0 Å². The van der Waals surface area contributed by atoms with E-state index in [1.807, 2.05) is 0 Å². The third-order valence-electron chi connectivity index (χ3n) is 4.01. The molecular formula is C15H23N3S. The molecule has 0 aromatic carbocycles. The molecule has 0 amide bonds. The number of thioether (sulfide) groups is 1. The Kier molecular flexibility index (Phi) is 4.28. The maximum absolute atomic E-state index is 4.78. The molecule has 104 valence electrons. The molecule has 3 nitrogen and oxygen atoms in total. The summed E-state index contributed by atoms with van der Waals surface area (Å²) in [5, 5.41) is 3.69. The Morgan fingerprint density at radius 1 is 1.37 bits per heavy atom. The molecule has 3 heterocycles. The van der Waals surface area contributed by atoms with Crippen molar-refractivity contribution in [2.75, 3.05) is 29.5 Å². The van der Waals surface area contributed by atoms with E-state index in [4.69, 9.17) is 4.98 Å². The van der Waals surface area contributed by atoms with Crippen molar-refractivity contribution in [2.45, 2.75) is 38.8 Å². The minimum Gasteiger partial charge on any atom is -0.356 e. The number of nitrogens with one attached hydrogen (secondary N) is 1. The smallest absolute Gasteiger partial charge is 0.133 e. The van der Waals surface area contributed by atoms with Crippen molar-refractivity contribution in [2.24, 2.45) is 0 Å². The second-order valence-electron chi connectivity index (χ2n) is 5.57. The molecule has 0 spiro atoms. The normalized spacial score (nSPS) is 23.2. The lowest BCUT2D eigenvalue weighted by Crippen LogP contribution is -2.29. The van der Waals surface area contributed by atoms with Crippen LogP contribution in [0, 0.1) is 6.92 Å². The molecule has 1 aromatic rings. The van der Waals surface area contributed by atoms with Crippen LogP contribution in [0.4, 0.5) is 5.82 Å². The minimum atomic E-state index is 0.692. The van der Waals surface area contributed by atoms with Gasteiger partial charge in [0.25, 0.3) is 0 Å². The molecule has 2 fully saturated rings. The summed E-state index contributed by atoms with van der Waals surface area (Å²) in [4.78, 5) is 7.23. The van der Waals surface area contributed by atoms with E-state index in [0.29, 0.717) is 6.04 Å². The highest BCUT2D eigenvalue weighted by atomic mass is 32.2. The number of anilines is 1. The highest BCUT2D eigenvalue weighted by Crippen LogP contribution is 2.24. The van der Waals surface area contributed by atoms with E-state index in [1.165, 1.54) is 55.2 Å². The molecule has 0 radical (unpaired) electrons. The lowest BCUT2D eigenvalue weighted by molar-refractivity contribution is 0.557. The third kappa shape index (κ3) is 3.23. The maximum atomic E-state index is 4.78. The predicted octanol–water partition coefficient (Wildman–Crippen LogP) is 2.59. The summed E-state index contributed by atoms with van der Waals surface area (Å²) in [6.45, 7) is 5.39. The van der Waals surface area contributed by atoms with E-state index >= 15 is 0 Å². The number of pyridine rings is 1. The Bertz CT molecular complexity index is 423. The molecule has 19 heavy (non-hydrogen) atoms. The molecule has 1 unspecified atom stereocenters. The van der Waals surface area contributed by atoms with Crippen molar-refractivity contribution < 1.29 is 0 Å². The number of hydrogen-bond donors (Lipinski definition) is 1. The number of nitrogens with zero attached hydrogens (tertiary/aromatic N) is 2. The molecule has 2 saturated heterocycles. The number of hydrogen-bond acceptors (Lipinski definition) is 4. The monoisotopic (exact) mass is 277 g/mol. The van der Waals surface area contributed by atoms with Crippen LogP contribution >= 0.6 is 11.8 Å². The first kappa shape index (κ1) is 13.3.